The number of halogens is 1. The highest BCUT2D eigenvalue weighted by molar-refractivity contribution is 5.75. The Bertz CT molecular complexity index is 1150. The topological polar surface area (TPSA) is 131 Å². The van der Waals surface area contributed by atoms with Crippen LogP contribution in [0.5, 0.6) is 0 Å². The molecule has 11 nitrogen and oxygen atoms in total. The normalized spacial score (nSPS) is 13.7. The molecule has 0 saturated carbocycles. The highest BCUT2D eigenvalue weighted by Gasteiger charge is 2.29. The molecule has 1 fully saturated rings. The van der Waals surface area contributed by atoms with Crippen molar-refractivity contribution in [2.45, 2.75) is 0 Å². The molecule has 1 aromatic heterocycles. The van der Waals surface area contributed by atoms with E-state index in [-0.39, 0.29) is 28.8 Å². The van der Waals surface area contributed by atoms with Gasteiger partial charge in [-0.25, -0.2) is 14.4 Å². The second kappa shape index (κ2) is 8.79. The summed E-state index contributed by atoms with van der Waals surface area (Å²) < 4.78 is 13.2. The van der Waals surface area contributed by atoms with Crippen molar-refractivity contribution in [1.29, 1.82) is 0 Å². The number of nitro groups is 2. The number of hydrogen-bond donors (Lipinski definition) is 1. The van der Waals surface area contributed by atoms with E-state index in [1.54, 1.807) is 23.1 Å². The van der Waals surface area contributed by atoms with Gasteiger partial charge in [0.2, 0.25) is 11.6 Å². The summed E-state index contributed by atoms with van der Waals surface area (Å²) in [6.07, 6.45) is 1.22. The number of nitrogens with zero attached hydrogens (tertiary/aromatic N) is 6. The molecular weight excluding hydrogens is 421 g/mol. The third-order valence-electron chi connectivity index (χ3n) is 5.08. The van der Waals surface area contributed by atoms with Crippen LogP contribution in [0.2, 0.25) is 0 Å². The molecule has 3 aromatic rings. The van der Waals surface area contributed by atoms with Gasteiger partial charge in [0.1, 0.15) is 12.1 Å². The third-order valence-corrected chi connectivity index (χ3v) is 5.08. The second-order valence-corrected chi connectivity index (χ2v) is 7.03. The van der Waals surface area contributed by atoms with E-state index in [2.05, 4.69) is 20.2 Å². The van der Waals surface area contributed by atoms with Crippen LogP contribution in [0.1, 0.15) is 0 Å². The number of rotatable bonds is 6. The molecule has 1 aliphatic heterocycles. The van der Waals surface area contributed by atoms with Crippen molar-refractivity contribution in [2.24, 2.45) is 0 Å². The highest BCUT2D eigenvalue weighted by atomic mass is 19.1. The van der Waals surface area contributed by atoms with E-state index in [0.29, 0.717) is 31.9 Å². The van der Waals surface area contributed by atoms with Crippen molar-refractivity contribution in [3.8, 4) is 0 Å². The Hall–Kier alpha value is -4.35. The maximum Gasteiger partial charge on any atom is 0.353 e. The van der Waals surface area contributed by atoms with Crippen LogP contribution in [0.15, 0.2) is 54.9 Å². The molecule has 164 valence electrons. The molecule has 0 unspecified atom stereocenters. The zero-order valence-corrected chi connectivity index (χ0v) is 16.7. The Kier molecular flexibility index (Phi) is 5.75. The maximum absolute atomic E-state index is 13.2. The molecule has 1 N–H and O–H groups in total. The molecule has 32 heavy (non-hydrogen) atoms. The van der Waals surface area contributed by atoms with Crippen LogP contribution in [0.3, 0.4) is 0 Å². The van der Waals surface area contributed by atoms with E-state index in [1.165, 1.54) is 36.7 Å². The number of anilines is 4. The van der Waals surface area contributed by atoms with Gasteiger partial charge in [-0.3, -0.25) is 20.2 Å². The quantitative estimate of drug-likeness (QED) is 0.453. The number of piperazine rings is 1. The van der Waals surface area contributed by atoms with Crippen LogP contribution in [0.25, 0.3) is 0 Å². The molecule has 12 heteroatoms. The molecule has 2 heterocycles. The van der Waals surface area contributed by atoms with Gasteiger partial charge in [0.05, 0.1) is 9.85 Å². The smallest absolute Gasteiger partial charge is 0.353 e. The van der Waals surface area contributed by atoms with Crippen LogP contribution in [0.4, 0.5) is 38.8 Å². The summed E-state index contributed by atoms with van der Waals surface area (Å²) in [4.78, 5) is 33.7. The molecule has 0 spiro atoms. The number of non-ortho nitro benzene ring substituents is 1. The van der Waals surface area contributed by atoms with Gasteiger partial charge in [-0.1, -0.05) is 6.07 Å². The highest BCUT2D eigenvalue weighted by Crippen LogP contribution is 2.34. The Balaban J connectivity index is 1.56. The average molecular weight is 439 g/mol. The van der Waals surface area contributed by atoms with Crippen molar-refractivity contribution in [3.63, 3.8) is 0 Å². The van der Waals surface area contributed by atoms with Crippen molar-refractivity contribution in [1.82, 2.24) is 9.97 Å². The Morgan fingerprint density at radius 3 is 2.25 bits per heavy atom. The minimum atomic E-state index is -0.568. The Labute approximate surface area is 181 Å². The number of nitro benzene ring substituents is 1. The van der Waals surface area contributed by atoms with E-state index in [1.807, 2.05) is 0 Å². The average Bonchev–Trinajstić information content (AvgIpc) is 2.79. The fraction of sp³-hybridized carbons (Fsp3) is 0.200. The molecule has 0 aliphatic carbocycles. The summed E-state index contributed by atoms with van der Waals surface area (Å²) in [5, 5.41) is 25.7. The molecule has 0 atom stereocenters. The molecule has 0 radical (unpaired) electrons. The minimum Gasteiger partial charge on any atom is -0.368 e. The lowest BCUT2D eigenvalue weighted by Gasteiger charge is -2.36. The molecule has 4 rings (SSSR count). The monoisotopic (exact) mass is 439 g/mol. The molecule has 0 amide bonds. The molecular formula is C20H18FN7O4. The second-order valence-electron chi connectivity index (χ2n) is 7.03. The molecule has 1 aliphatic rings. The standard InChI is InChI=1S/C20H18FN7O4/c21-14-4-6-16(7-5-14)25-8-10-26(11-9-25)20-18(28(31)32)19(22-13-23-20)24-15-2-1-3-17(12-15)27(29)30/h1-7,12-13H,8-11H2,(H,22,23,24). The van der Waals surface area contributed by atoms with Gasteiger partial charge in [0, 0.05) is 49.7 Å². The lowest BCUT2D eigenvalue weighted by molar-refractivity contribution is -0.384. The zero-order chi connectivity index (χ0) is 22.7. The lowest BCUT2D eigenvalue weighted by atomic mass is 10.2. The third kappa shape index (κ3) is 4.38. The maximum atomic E-state index is 13.2. The molecule has 2 aromatic carbocycles. The van der Waals surface area contributed by atoms with E-state index in [0.717, 1.165) is 5.69 Å². The van der Waals surface area contributed by atoms with Crippen molar-refractivity contribution >= 4 is 34.4 Å². The minimum absolute atomic E-state index is 0.0542. The summed E-state index contributed by atoms with van der Waals surface area (Å²) in [5.41, 5.74) is 0.711. The summed E-state index contributed by atoms with van der Waals surface area (Å²) in [6, 6.07) is 11.8. The lowest BCUT2D eigenvalue weighted by Crippen LogP contribution is -2.47. The first-order chi connectivity index (χ1) is 15.4. The van der Waals surface area contributed by atoms with Gasteiger partial charge >= 0.3 is 5.69 Å². The number of aromatic nitrogens is 2. The van der Waals surface area contributed by atoms with Crippen molar-refractivity contribution in [3.05, 3.63) is 80.9 Å². The molecule has 1 saturated heterocycles. The van der Waals surface area contributed by atoms with Gasteiger partial charge in [0.25, 0.3) is 5.69 Å². The number of hydrogen-bond acceptors (Lipinski definition) is 9. The van der Waals surface area contributed by atoms with Crippen molar-refractivity contribution < 1.29 is 14.2 Å². The van der Waals surface area contributed by atoms with Gasteiger partial charge < -0.3 is 15.1 Å². The van der Waals surface area contributed by atoms with Gasteiger partial charge in [-0.15, -0.1) is 0 Å². The summed E-state index contributed by atoms with van der Waals surface area (Å²) in [7, 11) is 0. The van der Waals surface area contributed by atoms with E-state index in [9.17, 15) is 24.6 Å². The van der Waals surface area contributed by atoms with E-state index < -0.39 is 9.85 Å². The van der Waals surface area contributed by atoms with Crippen LogP contribution >= 0.6 is 0 Å². The Morgan fingerprint density at radius 1 is 0.906 bits per heavy atom. The fourth-order valence-corrected chi connectivity index (χ4v) is 3.52. The first-order valence-corrected chi connectivity index (χ1v) is 9.68. The van der Waals surface area contributed by atoms with Gasteiger partial charge in [-0.2, -0.15) is 0 Å². The SMILES string of the molecule is O=[N+]([O-])c1cccc(Nc2ncnc(N3CCN(c4ccc(F)cc4)CC3)c2[N+](=O)[O-])c1. The zero-order valence-electron chi connectivity index (χ0n) is 16.7. The van der Waals surface area contributed by atoms with Crippen LogP contribution in [-0.2, 0) is 0 Å². The van der Waals surface area contributed by atoms with Gasteiger partial charge in [0.15, 0.2) is 0 Å². The fourth-order valence-electron chi connectivity index (χ4n) is 3.52. The predicted molar refractivity (Wildman–Crippen MR) is 116 cm³/mol. The Morgan fingerprint density at radius 2 is 1.59 bits per heavy atom. The van der Waals surface area contributed by atoms with Crippen molar-refractivity contribution in [2.75, 3.05) is 41.3 Å². The number of benzene rings is 2. The van der Waals surface area contributed by atoms with Gasteiger partial charge in [-0.05, 0) is 30.3 Å². The van der Waals surface area contributed by atoms with E-state index >= 15 is 0 Å². The van der Waals surface area contributed by atoms with E-state index in [4.69, 9.17) is 0 Å². The molecule has 0 bridgehead atoms. The first kappa shape index (κ1) is 20.9. The predicted octanol–water partition coefficient (Wildman–Crippen LogP) is 3.50. The van der Waals surface area contributed by atoms with Crippen LogP contribution in [-0.4, -0.2) is 46.0 Å². The summed E-state index contributed by atoms with van der Waals surface area (Å²) in [5.74, 6) is -0.203. The van der Waals surface area contributed by atoms with Crippen LogP contribution < -0.4 is 15.1 Å². The number of nitrogens with one attached hydrogen (secondary N) is 1. The first-order valence-electron chi connectivity index (χ1n) is 9.68. The largest absolute Gasteiger partial charge is 0.368 e. The van der Waals surface area contributed by atoms with Crippen LogP contribution in [0, 0.1) is 26.0 Å². The summed E-state index contributed by atoms with van der Waals surface area (Å²) in [6.45, 7) is 2.07. The summed E-state index contributed by atoms with van der Waals surface area (Å²) >= 11 is 0.